The largest absolute Gasteiger partial charge is 0.496 e. The van der Waals surface area contributed by atoms with Crippen molar-refractivity contribution in [3.05, 3.63) is 51.5 Å². The van der Waals surface area contributed by atoms with E-state index in [0.29, 0.717) is 29.0 Å². The number of aromatic carboxylic acids is 1. The molecule has 0 spiro atoms. The molecule has 0 radical (unpaired) electrons. The first kappa shape index (κ1) is 25.4. The van der Waals surface area contributed by atoms with Crippen LogP contribution in [0.15, 0.2) is 24.3 Å². The molecule has 1 aliphatic rings. The molecule has 3 aromatic rings. The number of carboxylic acid groups (broad SMARTS) is 1. The van der Waals surface area contributed by atoms with Crippen LogP contribution in [0.25, 0.3) is 10.2 Å². The molecule has 188 valence electrons. The average molecular weight is 500 g/mol. The summed E-state index contributed by atoms with van der Waals surface area (Å²) in [5, 5.41) is 21.9. The molecule has 2 aromatic carbocycles. The summed E-state index contributed by atoms with van der Waals surface area (Å²) in [6, 6.07) is 7.34. The summed E-state index contributed by atoms with van der Waals surface area (Å²) in [5.41, 5.74) is 3.17. The van der Waals surface area contributed by atoms with Gasteiger partial charge < -0.3 is 24.4 Å². The van der Waals surface area contributed by atoms with Gasteiger partial charge in [-0.3, -0.25) is 0 Å². The number of carbonyl (C=O) groups is 1. The minimum atomic E-state index is -0.986. The van der Waals surface area contributed by atoms with Gasteiger partial charge in [0.2, 0.25) is 0 Å². The van der Waals surface area contributed by atoms with Crippen LogP contribution in [0, 0.1) is 6.92 Å². The molecule has 1 saturated carbocycles. The van der Waals surface area contributed by atoms with Crippen LogP contribution in [0.4, 0.5) is 0 Å². The third kappa shape index (κ3) is 5.44. The van der Waals surface area contributed by atoms with E-state index in [9.17, 15) is 15.0 Å². The van der Waals surface area contributed by atoms with Gasteiger partial charge in [-0.25, -0.2) is 9.78 Å². The third-order valence-corrected chi connectivity index (χ3v) is 7.78. The first-order chi connectivity index (χ1) is 16.8. The number of rotatable bonds is 10. The Morgan fingerprint density at radius 2 is 1.80 bits per heavy atom. The second-order valence-electron chi connectivity index (χ2n) is 9.04. The number of hydrogen-bond donors (Lipinski definition) is 2. The molecule has 0 aliphatic heterocycles. The molecule has 0 amide bonds. The summed E-state index contributed by atoms with van der Waals surface area (Å²) < 4.78 is 18.3. The number of aromatic nitrogens is 1. The van der Waals surface area contributed by atoms with Crippen LogP contribution in [0.3, 0.4) is 0 Å². The van der Waals surface area contributed by atoms with E-state index in [1.165, 1.54) is 11.3 Å². The van der Waals surface area contributed by atoms with Gasteiger partial charge >= 0.3 is 5.97 Å². The molecule has 2 atom stereocenters. The number of methoxy groups -OCH3 is 2. The monoisotopic (exact) mass is 499 g/mol. The highest BCUT2D eigenvalue weighted by molar-refractivity contribution is 7.18. The second-order valence-corrected chi connectivity index (χ2v) is 10.2. The Labute approximate surface area is 209 Å². The van der Waals surface area contributed by atoms with E-state index < -0.39 is 18.2 Å². The molecule has 2 N–H and O–H groups in total. The van der Waals surface area contributed by atoms with Crippen molar-refractivity contribution < 1.29 is 29.2 Å². The Bertz CT molecular complexity index is 1170. The number of aliphatic hydroxyl groups is 1. The first-order valence-electron chi connectivity index (χ1n) is 12.1. The number of aryl methyl sites for hydroxylation is 1. The number of thiazole rings is 1. The molecule has 35 heavy (non-hydrogen) atoms. The van der Waals surface area contributed by atoms with Crippen LogP contribution in [-0.4, -0.2) is 47.6 Å². The SMILES string of the molecule is CCc1cc(C(=O)O)c2nc(C[C@H](OC3CCCC3)[C@H](O)c3cc(OC)c(C)c(OC)c3)sc2c1. The van der Waals surface area contributed by atoms with Crippen molar-refractivity contribution in [2.24, 2.45) is 0 Å². The molecule has 0 unspecified atom stereocenters. The van der Waals surface area contributed by atoms with Gasteiger partial charge in [0.1, 0.15) is 17.6 Å². The highest BCUT2D eigenvalue weighted by Crippen LogP contribution is 2.36. The van der Waals surface area contributed by atoms with E-state index in [1.807, 2.05) is 32.0 Å². The van der Waals surface area contributed by atoms with Gasteiger partial charge in [-0.15, -0.1) is 11.3 Å². The number of aliphatic hydroxyl groups excluding tert-OH is 1. The molecule has 7 nitrogen and oxygen atoms in total. The van der Waals surface area contributed by atoms with Crippen molar-refractivity contribution >= 4 is 27.5 Å². The zero-order valence-electron chi connectivity index (χ0n) is 20.7. The average Bonchev–Trinajstić information content (AvgIpc) is 3.51. The second kappa shape index (κ2) is 10.9. The lowest BCUT2D eigenvalue weighted by Gasteiger charge is -2.27. The zero-order valence-corrected chi connectivity index (χ0v) is 21.5. The minimum absolute atomic E-state index is 0.0829. The van der Waals surface area contributed by atoms with Gasteiger partial charge in [0, 0.05) is 12.0 Å². The van der Waals surface area contributed by atoms with Gasteiger partial charge in [-0.05, 0) is 61.6 Å². The van der Waals surface area contributed by atoms with Crippen molar-refractivity contribution in [2.45, 2.75) is 70.7 Å². The third-order valence-electron chi connectivity index (χ3n) is 6.75. The van der Waals surface area contributed by atoms with Crippen molar-refractivity contribution in [3.63, 3.8) is 0 Å². The Morgan fingerprint density at radius 3 is 2.37 bits per heavy atom. The molecule has 1 aromatic heterocycles. The van der Waals surface area contributed by atoms with E-state index in [4.69, 9.17) is 14.2 Å². The van der Waals surface area contributed by atoms with E-state index in [-0.39, 0.29) is 11.7 Å². The van der Waals surface area contributed by atoms with Crippen molar-refractivity contribution in [1.29, 1.82) is 0 Å². The van der Waals surface area contributed by atoms with Crippen molar-refractivity contribution in [2.75, 3.05) is 14.2 Å². The zero-order chi connectivity index (χ0) is 25.1. The fraction of sp³-hybridized carbons (Fsp3) is 0.481. The maximum absolute atomic E-state index is 11.9. The van der Waals surface area contributed by atoms with Crippen molar-refractivity contribution in [3.8, 4) is 11.5 Å². The summed E-state index contributed by atoms with van der Waals surface area (Å²) in [7, 11) is 3.19. The number of benzene rings is 2. The molecule has 1 aliphatic carbocycles. The van der Waals surface area contributed by atoms with Crippen LogP contribution in [-0.2, 0) is 17.6 Å². The fourth-order valence-electron chi connectivity index (χ4n) is 4.76. The molecule has 8 heteroatoms. The lowest BCUT2D eigenvalue weighted by Crippen LogP contribution is -2.29. The summed E-state index contributed by atoms with van der Waals surface area (Å²) in [4.78, 5) is 16.5. The number of carboxylic acids is 1. The van der Waals surface area contributed by atoms with Crippen molar-refractivity contribution in [1.82, 2.24) is 4.98 Å². The Morgan fingerprint density at radius 1 is 1.14 bits per heavy atom. The topological polar surface area (TPSA) is 98.1 Å². The normalized spacial score (nSPS) is 15.9. The lowest BCUT2D eigenvalue weighted by molar-refractivity contribution is -0.0753. The molecule has 0 saturated heterocycles. The van der Waals surface area contributed by atoms with Gasteiger partial charge in [-0.1, -0.05) is 19.8 Å². The smallest absolute Gasteiger partial charge is 0.337 e. The maximum Gasteiger partial charge on any atom is 0.337 e. The predicted molar refractivity (Wildman–Crippen MR) is 136 cm³/mol. The van der Waals surface area contributed by atoms with E-state index in [2.05, 4.69) is 4.98 Å². The summed E-state index contributed by atoms with van der Waals surface area (Å²) in [5.74, 6) is 0.284. The van der Waals surface area contributed by atoms with Gasteiger partial charge in [-0.2, -0.15) is 0 Å². The van der Waals surface area contributed by atoms with Crippen LogP contribution < -0.4 is 9.47 Å². The van der Waals surface area contributed by atoms with Crippen LogP contribution >= 0.6 is 11.3 Å². The summed E-state index contributed by atoms with van der Waals surface area (Å²) in [6.07, 6.45) is 3.87. The lowest BCUT2D eigenvalue weighted by atomic mass is 9.99. The van der Waals surface area contributed by atoms with Gasteiger partial charge in [0.15, 0.2) is 0 Å². The highest BCUT2D eigenvalue weighted by Gasteiger charge is 2.30. The Kier molecular flexibility index (Phi) is 7.94. The Hall–Kier alpha value is -2.68. The molecule has 4 rings (SSSR count). The predicted octanol–water partition coefficient (Wildman–Crippen LogP) is 5.49. The Balaban J connectivity index is 1.70. The molecule has 1 heterocycles. The van der Waals surface area contributed by atoms with E-state index >= 15 is 0 Å². The number of hydrogen-bond acceptors (Lipinski definition) is 7. The molecule has 0 bridgehead atoms. The standard InChI is InChI=1S/C27H33NO6S/c1-5-16-10-19(27(30)31)25-23(11-16)35-24(28-25)14-22(34-18-8-6-7-9-18)26(29)17-12-20(32-3)15(2)21(13-17)33-4/h10-13,18,22,26,29H,5-9,14H2,1-4H3,(H,30,31)/t22-,26+/m0/s1. The van der Waals surface area contributed by atoms with Crippen LogP contribution in [0.5, 0.6) is 11.5 Å². The quantitative estimate of drug-likeness (QED) is 0.381. The van der Waals surface area contributed by atoms with Crippen LogP contribution in [0.1, 0.15) is 70.8 Å². The van der Waals surface area contributed by atoms with Gasteiger partial charge in [0.05, 0.1) is 47.2 Å². The summed E-state index contributed by atoms with van der Waals surface area (Å²) >= 11 is 1.46. The van der Waals surface area contributed by atoms with Gasteiger partial charge in [0.25, 0.3) is 0 Å². The number of fused-ring (bicyclic) bond motifs is 1. The minimum Gasteiger partial charge on any atom is -0.496 e. The summed E-state index contributed by atoms with van der Waals surface area (Å²) in [6.45, 7) is 3.91. The number of ether oxygens (including phenoxy) is 3. The van der Waals surface area contributed by atoms with E-state index in [0.717, 1.165) is 52.9 Å². The molecular weight excluding hydrogens is 466 g/mol. The first-order valence-corrected chi connectivity index (χ1v) is 12.9. The molecular formula is C27H33NO6S. The van der Waals surface area contributed by atoms with E-state index in [1.54, 1.807) is 20.3 Å². The number of nitrogens with zero attached hydrogens (tertiary/aromatic N) is 1. The maximum atomic E-state index is 11.9. The fourth-order valence-corrected chi connectivity index (χ4v) is 5.86. The highest BCUT2D eigenvalue weighted by atomic mass is 32.1. The molecule has 1 fully saturated rings. The van der Waals surface area contributed by atoms with Crippen LogP contribution in [0.2, 0.25) is 0 Å².